The van der Waals surface area contributed by atoms with Gasteiger partial charge in [-0.2, -0.15) is 23.8 Å². The van der Waals surface area contributed by atoms with Crippen molar-refractivity contribution in [2.75, 3.05) is 0 Å². The van der Waals surface area contributed by atoms with Crippen LogP contribution in [0.1, 0.15) is 36.7 Å². The van der Waals surface area contributed by atoms with E-state index in [1.807, 2.05) is 31.4 Å². The maximum atomic E-state index is 12.3. The molecule has 0 aliphatic rings. The molecule has 2 rings (SSSR count). The average molecular weight is 344 g/mol. The molecule has 0 N–H and O–H groups in total. The van der Waals surface area contributed by atoms with Crippen molar-refractivity contribution in [3.05, 3.63) is 52.7 Å². The van der Waals surface area contributed by atoms with Crippen LogP contribution in [0.25, 0.3) is 10.9 Å². The van der Waals surface area contributed by atoms with E-state index < -0.39 is 5.54 Å². The molecule has 1 aromatic carbocycles. The number of carbonyl (C=O) groups is 1. The maximum absolute atomic E-state index is 12.3. The molecule has 0 spiro atoms. The summed E-state index contributed by atoms with van der Waals surface area (Å²) >= 11 is 0. The van der Waals surface area contributed by atoms with Crippen LogP contribution in [0.2, 0.25) is 0 Å². The molecule has 1 aromatic heterocycles. The number of ketones is 1. The summed E-state index contributed by atoms with van der Waals surface area (Å²) in [5.41, 5.74) is 1.12. The van der Waals surface area contributed by atoms with Crippen LogP contribution in [0.4, 0.5) is 0 Å². The fourth-order valence-electron chi connectivity index (χ4n) is 2.10. The van der Waals surface area contributed by atoms with Crippen molar-refractivity contribution in [2.24, 2.45) is 0 Å². The summed E-state index contributed by atoms with van der Waals surface area (Å²) in [5.74, 6) is -0.230. The molecule has 0 aliphatic heterocycles. The van der Waals surface area contributed by atoms with Crippen LogP contribution in [0.5, 0.6) is 0 Å². The number of aryl methyl sites for hydroxylation is 1. The number of pyridine rings is 1. The number of benzene rings is 1. The Morgan fingerprint density at radius 3 is 2.50 bits per heavy atom. The van der Waals surface area contributed by atoms with E-state index in [0.29, 0.717) is 10.9 Å². The molecule has 0 saturated carbocycles. The molecule has 3 nitrogen and oxygen atoms in total. The van der Waals surface area contributed by atoms with Gasteiger partial charge in [0.1, 0.15) is 5.43 Å². The minimum atomic E-state index is -0.470. The van der Waals surface area contributed by atoms with Gasteiger partial charge < -0.3 is 16.3 Å². The second-order valence-electron chi connectivity index (χ2n) is 5.55. The van der Waals surface area contributed by atoms with Crippen LogP contribution in [0, 0.1) is 19.9 Å². The summed E-state index contributed by atoms with van der Waals surface area (Å²) in [7, 11) is 0. The molecule has 103 valence electrons. The van der Waals surface area contributed by atoms with Crippen molar-refractivity contribution >= 4 is 16.7 Å². The standard InChI is InChI=1S/C16H17NO2.Y/c1-10-6-7-14-12(8-10)15(19)13(11(2)18)9-17(14)16(3,4)5;/h6,8-9H,3H2,1-2,4-5H3;/q-2;. The van der Waals surface area contributed by atoms with Crippen LogP contribution in [-0.2, 0) is 38.2 Å². The van der Waals surface area contributed by atoms with Crippen LogP contribution < -0.4 is 5.43 Å². The van der Waals surface area contributed by atoms with Gasteiger partial charge in [-0.25, -0.2) is 0 Å². The van der Waals surface area contributed by atoms with Crippen molar-refractivity contribution in [1.82, 2.24) is 4.57 Å². The first-order valence-corrected chi connectivity index (χ1v) is 6.16. The van der Waals surface area contributed by atoms with Gasteiger partial charge in [-0.05, 0) is 6.92 Å². The van der Waals surface area contributed by atoms with E-state index in [1.165, 1.54) is 6.92 Å². The smallest absolute Gasteiger partial charge is 0.164 e. The Labute approximate surface area is 144 Å². The third kappa shape index (κ3) is 3.09. The van der Waals surface area contributed by atoms with Gasteiger partial charge >= 0.3 is 0 Å². The summed E-state index contributed by atoms with van der Waals surface area (Å²) < 4.78 is 1.83. The molecule has 1 radical (unpaired) electrons. The average Bonchev–Trinajstić information content (AvgIpc) is 2.28. The number of Topliss-reactive ketones (excluding diaryl/α,β-unsaturated/α-hetero) is 1. The number of hydrogen-bond donors (Lipinski definition) is 0. The maximum Gasteiger partial charge on any atom is 0.164 e. The van der Waals surface area contributed by atoms with Gasteiger partial charge in [0.05, 0.1) is 5.56 Å². The van der Waals surface area contributed by atoms with Gasteiger partial charge in [-0.15, -0.1) is 0 Å². The van der Waals surface area contributed by atoms with E-state index in [9.17, 15) is 9.59 Å². The molecule has 1 heterocycles. The summed E-state index contributed by atoms with van der Waals surface area (Å²) in [6.45, 7) is 11.2. The van der Waals surface area contributed by atoms with Crippen molar-refractivity contribution in [3.63, 3.8) is 0 Å². The molecule has 4 heteroatoms. The van der Waals surface area contributed by atoms with E-state index in [-0.39, 0.29) is 49.5 Å². The Kier molecular flexibility index (Phi) is 5.10. The van der Waals surface area contributed by atoms with Gasteiger partial charge in [-0.1, -0.05) is 37.2 Å². The van der Waals surface area contributed by atoms with Crippen LogP contribution in [-0.4, -0.2) is 10.4 Å². The zero-order valence-electron chi connectivity index (χ0n) is 12.3. The minimum absolute atomic E-state index is 0. The molecule has 0 saturated heterocycles. The summed E-state index contributed by atoms with van der Waals surface area (Å²) in [6.07, 6.45) is 1.59. The Hall–Kier alpha value is -0.796. The van der Waals surface area contributed by atoms with Gasteiger partial charge in [0.25, 0.3) is 0 Å². The Bertz CT molecular complexity index is 724. The van der Waals surface area contributed by atoms with Gasteiger partial charge in [0, 0.05) is 38.9 Å². The Balaban J connectivity index is 0.00000200. The third-order valence-electron chi connectivity index (χ3n) is 3.08. The molecule has 0 atom stereocenters. The number of hydrogen-bond acceptors (Lipinski definition) is 2. The van der Waals surface area contributed by atoms with E-state index in [2.05, 4.69) is 13.0 Å². The van der Waals surface area contributed by atoms with E-state index in [0.717, 1.165) is 5.56 Å². The zero-order chi connectivity index (χ0) is 14.4. The summed E-state index contributed by atoms with van der Waals surface area (Å²) in [6, 6.07) is 6.74. The number of carbonyl (C=O) groups excluding carboxylic acids is 1. The van der Waals surface area contributed by atoms with E-state index in [4.69, 9.17) is 0 Å². The predicted octanol–water partition coefficient (Wildman–Crippen LogP) is 2.88. The van der Waals surface area contributed by atoms with E-state index >= 15 is 0 Å². The van der Waals surface area contributed by atoms with Crippen molar-refractivity contribution in [3.8, 4) is 0 Å². The molecule has 2 aromatic rings. The van der Waals surface area contributed by atoms with E-state index in [1.54, 1.807) is 12.3 Å². The number of rotatable bonds is 2. The van der Waals surface area contributed by atoms with Crippen molar-refractivity contribution in [2.45, 2.75) is 33.2 Å². The molecule has 0 bridgehead atoms. The first-order valence-electron chi connectivity index (χ1n) is 6.16. The normalized spacial score (nSPS) is 11.2. The fraction of sp³-hybridized carbons (Fsp3) is 0.312. The van der Waals surface area contributed by atoms with Gasteiger partial charge in [-0.3, -0.25) is 4.79 Å². The largest absolute Gasteiger partial charge is 0.394 e. The molecule has 0 fully saturated rings. The summed E-state index contributed by atoms with van der Waals surface area (Å²) in [5, 5.41) is 0.518. The number of aromatic nitrogens is 1. The van der Waals surface area contributed by atoms with Gasteiger partial charge in [0.2, 0.25) is 0 Å². The first-order chi connectivity index (χ1) is 8.71. The monoisotopic (exact) mass is 344 g/mol. The molecular formula is C16H17NO2Y-2. The predicted molar refractivity (Wildman–Crippen MR) is 76.5 cm³/mol. The number of fused-ring (bicyclic) bond motifs is 1. The third-order valence-corrected chi connectivity index (χ3v) is 3.08. The molecule has 0 amide bonds. The van der Waals surface area contributed by atoms with Crippen molar-refractivity contribution < 1.29 is 37.5 Å². The van der Waals surface area contributed by atoms with Crippen LogP contribution in [0.3, 0.4) is 0 Å². The molecule has 0 unspecified atom stereocenters. The quantitative estimate of drug-likeness (QED) is 0.621. The first kappa shape index (κ1) is 17.3. The van der Waals surface area contributed by atoms with Crippen LogP contribution in [0.15, 0.2) is 23.1 Å². The summed E-state index contributed by atoms with van der Waals surface area (Å²) in [4.78, 5) is 24.0. The molecule has 20 heavy (non-hydrogen) atoms. The Morgan fingerprint density at radius 1 is 1.40 bits per heavy atom. The number of nitrogens with zero attached hydrogens (tertiary/aromatic N) is 1. The second-order valence-corrected chi connectivity index (χ2v) is 5.55. The Morgan fingerprint density at radius 2 is 2.00 bits per heavy atom. The zero-order valence-corrected chi connectivity index (χ0v) is 15.1. The topological polar surface area (TPSA) is 39.1 Å². The minimum Gasteiger partial charge on any atom is -0.394 e. The van der Waals surface area contributed by atoms with Gasteiger partial charge in [0.15, 0.2) is 5.78 Å². The molecule has 0 aliphatic carbocycles. The van der Waals surface area contributed by atoms with Crippen LogP contribution >= 0.6 is 0 Å². The fourth-order valence-corrected chi connectivity index (χ4v) is 2.10. The van der Waals surface area contributed by atoms with Crippen molar-refractivity contribution in [1.29, 1.82) is 0 Å². The second kappa shape index (κ2) is 5.91. The molecular weight excluding hydrogens is 327 g/mol. The SMILES string of the molecule is [CH2-]C(C)(C)n1cc(C(C)=O)c(=O)c2cc(C)c[c-]c21.[Y].